The number of rotatable bonds is 3. The molecule has 1 aromatic heterocycles. The second kappa shape index (κ2) is 7.06. The minimum atomic E-state index is 0.280. The average molecular weight is 350 g/mol. The van der Waals surface area contributed by atoms with Crippen LogP contribution in [0.3, 0.4) is 0 Å². The van der Waals surface area contributed by atoms with Crippen molar-refractivity contribution in [3.63, 3.8) is 0 Å². The van der Waals surface area contributed by atoms with Crippen LogP contribution in [0.4, 0.5) is 11.5 Å². The first-order chi connectivity index (χ1) is 12.6. The van der Waals surface area contributed by atoms with Gasteiger partial charge in [0.05, 0.1) is 0 Å². The first kappa shape index (κ1) is 17.0. The summed E-state index contributed by atoms with van der Waals surface area (Å²) < 4.78 is 0. The smallest absolute Gasteiger partial charge is 0.227 e. The van der Waals surface area contributed by atoms with Crippen molar-refractivity contribution in [1.82, 2.24) is 9.97 Å². The first-order valence-electron chi connectivity index (χ1n) is 9.55. The molecule has 2 aliphatic rings. The fourth-order valence-electron chi connectivity index (χ4n) is 4.18. The lowest BCUT2D eigenvalue weighted by Gasteiger charge is -2.33. The number of anilines is 2. The molecule has 0 N–H and O–H groups in total. The van der Waals surface area contributed by atoms with Crippen molar-refractivity contribution in [3.05, 3.63) is 47.4 Å². The van der Waals surface area contributed by atoms with Gasteiger partial charge in [0.15, 0.2) is 0 Å². The molecule has 2 aliphatic heterocycles. The van der Waals surface area contributed by atoms with Crippen LogP contribution in [-0.4, -0.2) is 35.5 Å². The first-order valence-corrected chi connectivity index (χ1v) is 9.55. The maximum Gasteiger partial charge on any atom is 0.227 e. The van der Waals surface area contributed by atoms with Gasteiger partial charge in [-0.1, -0.05) is 18.2 Å². The Balaban J connectivity index is 1.35. The SMILES string of the molecule is Cc1cc(N2CCC(CC(=O)N3CCc4ccccc43)CC2)nc(C)n1. The van der Waals surface area contributed by atoms with E-state index in [1.807, 2.05) is 24.8 Å². The fraction of sp³-hybridized carbons (Fsp3) is 0.476. The number of carbonyl (C=O) groups excluding carboxylic acids is 1. The van der Waals surface area contributed by atoms with Crippen molar-refractivity contribution in [3.8, 4) is 0 Å². The van der Waals surface area contributed by atoms with Gasteiger partial charge in [0.1, 0.15) is 11.6 Å². The van der Waals surface area contributed by atoms with Crippen LogP contribution in [0.25, 0.3) is 0 Å². The summed E-state index contributed by atoms with van der Waals surface area (Å²) in [6, 6.07) is 10.3. The van der Waals surface area contributed by atoms with Crippen LogP contribution in [0, 0.1) is 19.8 Å². The Morgan fingerprint density at radius 1 is 1.12 bits per heavy atom. The van der Waals surface area contributed by atoms with Crippen molar-refractivity contribution < 1.29 is 4.79 Å². The molecule has 0 spiro atoms. The maximum atomic E-state index is 12.8. The summed E-state index contributed by atoms with van der Waals surface area (Å²) in [4.78, 5) is 26.1. The van der Waals surface area contributed by atoms with Crippen LogP contribution in [0.5, 0.6) is 0 Å². The molecule has 1 aromatic carbocycles. The zero-order valence-corrected chi connectivity index (χ0v) is 15.6. The lowest BCUT2D eigenvalue weighted by Crippen LogP contribution is -2.37. The van der Waals surface area contributed by atoms with Gasteiger partial charge in [0, 0.05) is 43.5 Å². The third kappa shape index (κ3) is 3.43. The molecule has 0 unspecified atom stereocenters. The topological polar surface area (TPSA) is 49.3 Å². The summed E-state index contributed by atoms with van der Waals surface area (Å²) in [6.07, 6.45) is 3.73. The second-order valence-corrected chi connectivity index (χ2v) is 7.47. The minimum absolute atomic E-state index is 0.280. The van der Waals surface area contributed by atoms with Crippen molar-refractivity contribution in [2.45, 2.75) is 39.5 Å². The molecule has 0 saturated carbocycles. The second-order valence-electron chi connectivity index (χ2n) is 7.47. The third-order valence-electron chi connectivity index (χ3n) is 5.54. The predicted molar refractivity (Wildman–Crippen MR) is 104 cm³/mol. The Hall–Kier alpha value is -2.43. The van der Waals surface area contributed by atoms with Crippen molar-refractivity contribution in [2.75, 3.05) is 29.4 Å². The fourth-order valence-corrected chi connectivity index (χ4v) is 4.18. The summed E-state index contributed by atoms with van der Waals surface area (Å²) >= 11 is 0. The van der Waals surface area contributed by atoms with Gasteiger partial charge < -0.3 is 9.80 Å². The summed E-state index contributed by atoms with van der Waals surface area (Å²) in [6.45, 7) is 6.71. The number of nitrogens with zero attached hydrogens (tertiary/aromatic N) is 4. The van der Waals surface area contributed by atoms with Gasteiger partial charge in [-0.25, -0.2) is 9.97 Å². The largest absolute Gasteiger partial charge is 0.356 e. The molecular formula is C21H26N4O. The molecule has 0 aliphatic carbocycles. The van der Waals surface area contributed by atoms with Crippen LogP contribution in [0.1, 0.15) is 36.3 Å². The van der Waals surface area contributed by atoms with Crippen molar-refractivity contribution >= 4 is 17.4 Å². The van der Waals surface area contributed by atoms with Gasteiger partial charge in [-0.05, 0) is 50.7 Å². The Kier molecular flexibility index (Phi) is 4.62. The lowest BCUT2D eigenvalue weighted by atomic mass is 9.93. The van der Waals surface area contributed by atoms with E-state index in [0.29, 0.717) is 12.3 Å². The average Bonchev–Trinajstić information content (AvgIpc) is 3.06. The van der Waals surface area contributed by atoms with Gasteiger partial charge in [-0.3, -0.25) is 4.79 Å². The standard InChI is InChI=1S/C21H26N4O/c1-15-13-20(23-16(2)22-15)24-10-7-17(8-11-24)14-21(26)25-12-9-18-5-3-4-6-19(18)25/h3-6,13,17H,7-12,14H2,1-2H3. The van der Waals surface area contributed by atoms with E-state index < -0.39 is 0 Å². The Morgan fingerprint density at radius 2 is 1.88 bits per heavy atom. The van der Waals surface area contributed by atoms with Gasteiger partial charge >= 0.3 is 0 Å². The highest BCUT2D eigenvalue weighted by atomic mass is 16.2. The number of hydrogen-bond acceptors (Lipinski definition) is 4. The molecule has 1 fully saturated rings. The number of hydrogen-bond donors (Lipinski definition) is 0. The number of carbonyl (C=O) groups is 1. The molecular weight excluding hydrogens is 324 g/mol. The molecule has 5 heteroatoms. The van der Waals surface area contributed by atoms with Gasteiger partial charge in [-0.15, -0.1) is 0 Å². The molecule has 26 heavy (non-hydrogen) atoms. The van der Waals surface area contributed by atoms with E-state index in [1.165, 1.54) is 5.56 Å². The molecule has 136 valence electrons. The number of para-hydroxylation sites is 1. The number of aryl methyl sites for hydroxylation is 2. The van der Waals surface area contributed by atoms with Crippen LogP contribution in [0.2, 0.25) is 0 Å². The van der Waals surface area contributed by atoms with E-state index in [0.717, 1.165) is 61.9 Å². The molecule has 5 nitrogen and oxygen atoms in total. The number of aromatic nitrogens is 2. The zero-order valence-electron chi connectivity index (χ0n) is 15.6. The van der Waals surface area contributed by atoms with E-state index in [9.17, 15) is 4.79 Å². The van der Waals surface area contributed by atoms with E-state index in [-0.39, 0.29) is 5.91 Å². The van der Waals surface area contributed by atoms with Gasteiger partial charge in [-0.2, -0.15) is 0 Å². The Morgan fingerprint density at radius 3 is 2.65 bits per heavy atom. The molecule has 0 atom stereocenters. The quantitative estimate of drug-likeness (QED) is 0.852. The van der Waals surface area contributed by atoms with Gasteiger partial charge in [0.2, 0.25) is 5.91 Å². The van der Waals surface area contributed by atoms with Crippen LogP contribution >= 0.6 is 0 Å². The predicted octanol–water partition coefficient (Wildman–Crippen LogP) is 3.29. The monoisotopic (exact) mass is 350 g/mol. The summed E-state index contributed by atoms with van der Waals surface area (Å²) in [5.41, 5.74) is 3.42. The van der Waals surface area contributed by atoms with Gasteiger partial charge in [0.25, 0.3) is 0 Å². The molecule has 0 radical (unpaired) electrons. The molecule has 1 saturated heterocycles. The Labute approximate surface area is 155 Å². The molecule has 2 aromatic rings. The number of amides is 1. The van der Waals surface area contributed by atoms with Crippen LogP contribution < -0.4 is 9.80 Å². The van der Waals surface area contributed by atoms with E-state index in [1.54, 1.807) is 0 Å². The van der Waals surface area contributed by atoms with E-state index in [4.69, 9.17) is 0 Å². The lowest BCUT2D eigenvalue weighted by molar-refractivity contribution is -0.119. The zero-order chi connectivity index (χ0) is 18.1. The summed E-state index contributed by atoms with van der Waals surface area (Å²) in [5.74, 6) is 2.59. The van der Waals surface area contributed by atoms with E-state index >= 15 is 0 Å². The van der Waals surface area contributed by atoms with Crippen molar-refractivity contribution in [2.24, 2.45) is 5.92 Å². The molecule has 1 amide bonds. The maximum absolute atomic E-state index is 12.8. The highest BCUT2D eigenvalue weighted by Crippen LogP contribution is 2.30. The molecule has 4 rings (SSSR count). The number of fused-ring (bicyclic) bond motifs is 1. The van der Waals surface area contributed by atoms with Crippen LogP contribution in [-0.2, 0) is 11.2 Å². The summed E-state index contributed by atoms with van der Waals surface area (Å²) in [5, 5.41) is 0. The van der Waals surface area contributed by atoms with E-state index in [2.05, 4.69) is 39.1 Å². The third-order valence-corrected chi connectivity index (χ3v) is 5.54. The number of benzene rings is 1. The molecule has 0 bridgehead atoms. The number of piperidine rings is 1. The summed E-state index contributed by atoms with van der Waals surface area (Å²) in [7, 11) is 0. The normalized spacial score (nSPS) is 17.5. The highest BCUT2D eigenvalue weighted by molar-refractivity contribution is 5.95. The minimum Gasteiger partial charge on any atom is -0.356 e. The Bertz CT molecular complexity index is 791. The molecule has 3 heterocycles. The van der Waals surface area contributed by atoms with Crippen LogP contribution in [0.15, 0.2) is 30.3 Å². The van der Waals surface area contributed by atoms with Crippen molar-refractivity contribution in [1.29, 1.82) is 0 Å². The highest BCUT2D eigenvalue weighted by Gasteiger charge is 2.28.